The zero-order valence-corrected chi connectivity index (χ0v) is 12.8. The number of aryl methyl sites for hydroxylation is 1. The maximum absolute atomic E-state index is 6.44. The lowest BCUT2D eigenvalue weighted by Gasteiger charge is -2.36. The summed E-state index contributed by atoms with van der Waals surface area (Å²) in [5.41, 5.74) is 8.67. The topological polar surface area (TPSA) is 47.7 Å². The van der Waals surface area contributed by atoms with Crippen LogP contribution in [0.5, 0.6) is 5.75 Å². The fourth-order valence-corrected chi connectivity index (χ4v) is 2.78. The van der Waals surface area contributed by atoms with Gasteiger partial charge in [0.25, 0.3) is 0 Å². The minimum atomic E-state index is -0.149. The second-order valence-electron chi connectivity index (χ2n) is 5.48. The third kappa shape index (κ3) is 3.51. The summed E-state index contributed by atoms with van der Waals surface area (Å²) in [4.78, 5) is 2.43. The van der Waals surface area contributed by atoms with Gasteiger partial charge in [-0.1, -0.05) is 24.6 Å². The highest BCUT2D eigenvalue weighted by Crippen LogP contribution is 2.29. The smallest absolute Gasteiger partial charge is 0.123 e. The first-order valence-electron chi connectivity index (χ1n) is 7.39. The predicted octanol–water partition coefficient (Wildman–Crippen LogP) is 2.11. The second kappa shape index (κ2) is 7.07. The number of hydrogen-bond donors (Lipinski definition) is 1. The average Bonchev–Trinajstić information content (AvgIpc) is 2.47. The molecule has 1 aromatic rings. The van der Waals surface area contributed by atoms with E-state index in [1.807, 2.05) is 12.1 Å². The Bertz CT molecular complexity index is 434. The maximum Gasteiger partial charge on any atom is 0.123 e. The summed E-state index contributed by atoms with van der Waals surface area (Å²) in [7, 11) is 1.69. The van der Waals surface area contributed by atoms with E-state index in [2.05, 4.69) is 24.8 Å². The van der Waals surface area contributed by atoms with E-state index in [1.54, 1.807) is 7.11 Å². The molecule has 1 saturated heterocycles. The number of hydrogen-bond acceptors (Lipinski definition) is 4. The molecule has 0 aliphatic carbocycles. The van der Waals surface area contributed by atoms with Crippen molar-refractivity contribution in [2.75, 3.05) is 33.4 Å². The number of morpholine rings is 1. The van der Waals surface area contributed by atoms with Crippen LogP contribution in [0.2, 0.25) is 0 Å². The molecule has 1 fully saturated rings. The molecule has 0 saturated carbocycles. The van der Waals surface area contributed by atoms with Crippen LogP contribution in [0.3, 0.4) is 0 Å². The van der Waals surface area contributed by atoms with Crippen LogP contribution < -0.4 is 10.5 Å². The zero-order valence-electron chi connectivity index (χ0n) is 12.8. The van der Waals surface area contributed by atoms with Crippen LogP contribution in [0.1, 0.15) is 30.5 Å². The first-order valence-corrected chi connectivity index (χ1v) is 7.39. The lowest BCUT2D eigenvalue weighted by atomic mass is 9.98. The van der Waals surface area contributed by atoms with Gasteiger partial charge < -0.3 is 15.2 Å². The number of ether oxygens (including phenoxy) is 2. The van der Waals surface area contributed by atoms with Gasteiger partial charge in [-0.2, -0.15) is 0 Å². The normalized spacial score (nSPS) is 21.7. The van der Waals surface area contributed by atoms with Gasteiger partial charge in [0.2, 0.25) is 0 Å². The van der Waals surface area contributed by atoms with E-state index in [9.17, 15) is 0 Å². The quantitative estimate of drug-likeness (QED) is 0.896. The molecule has 2 N–H and O–H groups in total. The molecule has 4 nitrogen and oxygen atoms in total. The van der Waals surface area contributed by atoms with E-state index in [1.165, 1.54) is 5.56 Å². The van der Waals surface area contributed by atoms with Crippen molar-refractivity contribution < 1.29 is 9.47 Å². The van der Waals surface area contributed by atoms with E-state index in [0.717, 1.165) is 44.0 Å². The van der Waals surface area contributed by atoms with Crippen molar-refractivity contribution in [3.05, 3.63) is 29.3 Å². The minimum absolute atomic E-state index is 0.0333. The molecule has 1 aromatic carbocycles. The third-order valence-electron chi connectivity index (χ3n) is 3.86. The van der Waals surface area contributed by atoms with Gasteiger partial charge in [0.05, 0.1) is 25.9 Å². The van der Waals surface area contributed by atoms with Gasteiger partial charge >= 0.3 is 0 Å². The zero-order chi connectivity index (χ0) is 14.5. The van der Waals surface area contributed by atoms with Crippen LogP contribution in [0.25, 0.3) is 0 Å². The molecule has 0 spiro atoms. The van der Waals surface area contributed by atoms with Gasteiger partial charge in [-0.25, -0.2) is 0 Å². The fourth-order valence-electron chi connectivity index (χ4n) is 2.78. The van der Waals surface area contributed by atoms with Gasteiger partial charge in [-0.15, -0.1) is 0 Å². The lowest BCUT2D eigenvalue weighted by molar-refractivity contribution is -0.0410. The molecular formula is C16H26N2O2. The summed E-state index contributed by atoms with van der Waals surface area (Å²) in [6, 6.07) is 5.98. The summed E-state index contributed by atoms with van der Waals surface area (Å²) in [6.45, 7) is 8.03. The van der Waals surface area contributed by atoms with Gasteiger partial charge in [0.15, 0.2) is 0 Å². The highest BCUT2D eigenvalue weighted by atomic mass is 16.5. The molecule has 0 radical (unpaired) electrons. The number of rotatable bonds is 5. The van der Waals surface area contributed by atoms with Gasteiger partial charge in [0, 0.05) is 18.7 Å². The Labute approximate surface area is 121 Å². The molecule has 0 aromatic heterocycles. The standard InChI is InChI=1S/C16H26N2O2/c1-4-7-18-8-9-20-15(11-18)16(17)13-10-12(2)5-6-14(13)19-3/h5-6,10,15-16H,4,7-9,11,17H2,1-3H3. The van der Waals surface area contributed by atoms with Crippen LogP contribution in [0.4, 0.5) is 0 Å². The summed E-state index contributed by atoms with van der Waals surface area (Å²) in [6.07, 6.45) is 1.20. The van der Waals surface area contributed by atoms with Crippen LogP contribution in [-0.4, -0.2) is 44.4 Å². The molecule has 1 aliphatic heterocycles. The molecule has 2 atom stereocenters. The first kappa shape index (κ1) is 15.3. The van der Waals surface area contributed by atoms with Crippen molar-refractivity contribution in [3.8, 4) is 5.75 Å². The monoisotopic (exact) mass is 278 g/mol. The minimum Gasteiger partial charge on any atom is -0.496 e. The van der Waals surface area contributed by atoms with Crippen LogP contribution >= 0.6 is 0 Å². The van der Waals surface area contributed by atoms with Crippen molar-refractivity contribution >= 4 is 0 Å². The highest BCUT2D eigenvalue weighted by molar-refractivity contribution is 5.39. The van der Waals surface area contributed by atoms with Gasteiger partial charge in [-0.05, 0) is 26.0 Å². The number of benzene rings is 1. The average molecular weight is 278 g/mol. The predicted molar refractivity (Wildman–Crippen MR) is 81.1 cm³/mol. The van der Waals surface area contributed by atoms with E-state index in [4.69, 9.17) is 15.2 Å². The van der Waals surface area contributed by atoms with Gasteiger partial charge in [-0.3, -0.25) is 4.90 Å². The Kier molecular flexibility index (Phi) is 5.40. The Morgan fingerprint density at radius 3 is 3.00 bits per heavy atom. The molecule has 0 bridgehead atoms. The SMILES string of the molecule is CCCN1CCOC(C(N)c2cc(C)ccc2OC)C1. The highest BCUT2D eigenvalue weighted by Gasteiger charge is 2.28. The lowest BCUT2D eigenvalue weighted by Crippen LogP contribution is -2.47. The second-order valence-corrected chi connectivity index (χ2v) is 5.48. The molecule has 4 heteroatoms. The third-order valence-corrected chi connectivity index (χ3v) is 3.86. The molecule has 2 rings (SSSR count). The van der Waals surface area contributed by atoms with E-state index < -0.39 is 0 Å². The Hall–Kier alpha value is -1.10. The van der Waals surface area contributed by atoms with Crippen molar-refractivity contribution in [2.24, 2.45) is 5.73 Å². The maximum atomic E-state index is 6.44. The van der Waals surface area contributed by atoms with Crippen LogP contribution in [0, 0.1) is 6.92 Å². The van der Waals surface area contributed by atoms with E-state index in [-0.39, 0.29) is 12.1 Å². The van der Waals surface area contributed by atoms with Crippen LogP contribution in [0.15, 0.2) is 18.2 Å². The number of methoxy groups -OCH3 is 1. The Morgan fingerprint density at radius 2 is 2.30 bits per heavy atom. The van der Waals surface area contributed by atoms with Crippen LogP contribution in [-0.2, 0) is 4.74 Å². The molecule has 1 heterocycles. The molecule has 1 aliphatic rings. The first-order chi connectivity index (χ1) is 9.65. The van der Waals surface area contributed by atoms with Crippen molar-refractivity contribution in [3.63, 3.8) is 0 Å². The van der Waals surface area contributed by atoms with Crippen molar-refractivity contribution in [1.82, 2.24) is 4.90 Å². The van der Waals surface area contributed by atoms with Crippen molar-refractivity contribution in [1.29, 1.82) is 0 Å². The summed E-state index contributed by atoms with van der Waals surface area (Å²) < 4.78 is 11.3. The van der Waals surface area contributed by atoms with E-state index >= 15 is 0 Å². The number of nitrogens with two attached hydrogens (primary N) is 1. The fraction of sp³-hybridized carbons (Fsp3) is 0.625. The molecular weight excluding hydrogens is 252 g/mol. The summed E-state index contributed by atoms with van der Waals surface area (Å²) >= 11 is 0. The molecule has 112 valence electrons. The molecule has 2 unspecified atom stereocenters. The summed E-state index contributed by atoms with van der Waals surface area (Å²) in [5, 5.41) is 0. The summed E-state index contributed by atoms with van der Waals surface area (Å²) in [5.74, 6) is 0.847. The Balaban J connectivity index is 2.13. The molecule has 20 heavy (non-hydrogen) atoms. The van der Waals surface area contributed by atoms with Crippen molar-refractivity contribution in [2.45, 2.75) is 32.4 Å². The number of nitrogens with zero attached hydrogens (tertiary/aromatic N) is 1. The largest absolute Gasteiger partial charge is 0.496 e. The van der Waals surface area contributed by atoms with E-state index in [0.29, 0.717) is 0 Å². The Morgan fingerprint density at radius 1 is 1.50 bits per heavy atom. The molecule has 0 amide bonds. The van der Waals surface area contributed by atoms with Gasteiger partial charge in [0.1, 0.15) is 5.75 Å².